The maximum absolute atomic E-state index is 10.2. The van der Waals surface area contributed by atoms with Gasteiger partial charge in [-0.25, -0.2) is 0 Å². The van der Waals surface area contributed by atoms with E-state index >= 15 is 0 Å². The maximum atomic E-state index is 10.2. The van der Waals surface area contributed by atoms with Gasteiger partial charge in [-0.2, -0.15) is 0 Å². The molecule has 0 aliphatic carbocycles. The van der Waals surface area contributed by atoms with Crippen molar-refractivity contribution < 1.29 is 9.84 Å². The van der Waals surface area contributed by atoms with Crippen LogP contribution in [0.3, 0.4) is 0 Å². The molecule has 2 heterocycles. The fraction of sp³-hybridized carbons (Fsp3) is 1.00. The van der Waals surface area contributed by atoms with Crippen molar-refractivity contribution >= 4 is 0 Å². The third-order valence-corrected chi connectivity index (χ3v) is 4.82. The molecule has 4 heteroatoms. The predicted molar refractivity (Wildman–Crippen MR) is 77.3 cm³/mol. The number of hydrogen-bond acceptors (Lipinski definition) is 4. The molecule has 19 heavy (non-hydrogen) atoms. The first-order valence-corrected chi connectivity index (χ1v) is 7.72. The van der Waals surface area contributed by atoms with Gasteiger partial charge in [0.1, 0.15) is 0 Å². The third-order valence-electron chi connectivity index (χ3n) is 4.82. The van der Waals surface area contributed by atoms with Crippen LogP contribution in [0.25, 0.3) is 0 Å². The SMILES string of the molecule is CNCC1(CN2CCCC(C)(O)CC2)CCOCC1. The molecule has 0 bridgehead atoms. The summed E-state index contributed by atoms with van der Waals surface area (Å²) < 4.78 is 5.53. The molecule has 2 rings (SSSR count). The second kappa shape index (κ2) is 6.53. The molecule has 0 radical (unpaired) electrons. The summed E-state index contributed by atoms with van der Waals surface area (Å²) >= 11 is 0. The van der Waals surface area contributed by atoms with E-state index in [0.29, 0.717) is 5.41 Å². The van der Waals surface area contributed by atoms with Gasteiger partial charge >= 0.3 is 0 Å². The fourth-order valence-electron chi connectivity index (χ4n) is 3.52. The zero-order valence-corrected chi connectivity index (χ0v) is 12.6. The molecule has 4 nitrogen and oxygen atoms in total. The Morgan fingerprint density at radius 1 is 1.16 bits per heavy atom. The lowest BCUT2D eigenvalue weighted by molar-refractivity contribution is -0.00528. The van der Waals surface area contributed by atoms with Gasteiger partial charge in [-0.15, -0.1) is 0 Å². The van der Waals surface area contributed by atoms with Crippen molar-refractivity contribution in [3.05, 3.63) is 0 Å². The van der Waals surface area contributed by atoms with Crippen LogP contribution in [0.2, 0.25) is 0 Å². The summed E-state index contributed by atoms with van der Waals surface area (Å²) in [6.07, 6.45) is 5.26. The summed E-state index contributed by atoms with van der Waals surface area (Å²) in [5, 5.41) is 13.6. The Kier molecular flexibility index (Phi) is 5.23. The highest BCUT2D eigenvalue weighted by Gasteiger charge is 2.35. The van der Waals surface area contributed by atoms with Crippen LogP contribution in [-0.2, 0) is 4.74 Å². The van der Waals surface area contributed by atoms with Crippen LogP contribution in [0.5, 0.6) is 0 Å². The molecule has 2 N–H and O–H groups in total. The average Bonchev–Trinajstić information content (AvgIpc) is 2.52. The molecule has 0 aromatic heterocycles. The van der Waals surface area contributed by atoms with Gasteiger partial charge in [0, 0.05) is 32.8 Å². The summed E-state index contributed by atoms with van der Waals surface area (Å²) in [4.78, 5) is 2.56. The van der Waals surface area contributed by atoms with Crippen LogP contribution < -0.4 is 5.32 Å². The Morgan fingerprint density at radius 2 is 1.89 bits per heavy atom. The minimum Gasteiger partial charge on any atom is -0.390 e. The maximum Gasteiger partial charge on any atom is 0.0632 e. The Labute approximate surface area is 117 Å². The summed E-state index contributed by atoms with van der Waals surface area (Å²) in [5.41, 5.74) is -0.0935. The summed E-state index contributed by atoms with van der Waals surface area (Å²) in [7, 11) is 2.05. The highest BCUT2D eigenvalue weighted by Crippen LogP contribution is 2.32. The van der Waals surface area contributed by atoms with E-state index in [2.05, 4.69) is 10.2 Å². The first-order valence-electron chi connectivity index (χ1n) is 7.72. The van der Waals surface area contributed by atoms with E-state index in [-0.39, 0.29) is 0 Å². The van der Waals surface area contributed by atoms with Gasteiger partial charge in [-0.1, -0.05) is 0 Å². The Bertz CT molecular complexity index is 270. The van der Waals surface area contributed by atoms with E-state index in [0.717, 1.165) is 71.5 Å². The number of ether oxygens (including phenoxy) is 1. The molecule has 0 amide bonds. The second-order valence-electron chi connectivity index (χ2n) is 6.77. The van der Waals surface area contributed by atoms with Gasteiger partial charge in [0.05, 0.1) is 5.60 Å². The Morgan fingerprint density at radius 3 is 2.58 bits per heavy atom. The molecular formula is C15H30N2O2. The van der Waals surface area contributed by atoms with Crippen molar-refractivity contribution in [2.24, 2.45) is 5.41 Å². The number of rotatable bonds is 4. The van der Waals surface area contributed by atoms with Crippen molar-refractivity contribution in [3.63, 3.8) is 0 Å². The quantitative estimate of drug-likeness (QED) is 0.807. The van der Waals surface area contributed by atoms with Gasteiger partial charge in [0.2, 0.25) is 0 Å². The van der Waals surface area contributed by atoms with Crippen LogP contribution in [0.4, 0.5) is 0 Å². The minimum absolute atomic E-state index is 0.364. The number of nitrogens with zero attached hydrogens (tertiary/aromatic N) is 1. The van der Waals surface area contributed by atoms with E-state index < -0.39 is 5.60 Å². The van der Waals surface area contributed by atoms with Crippen molar-refractivity contribution in [1.29, 1.82) is 0 Å². The molecule has 2 aliphatic heterocycles. The van der Waals surface area contributed by atoms with Crippen molar-refractivity contribution in [1.82, 2.24) is 10.2 Å². The van der Waals surface area contributed by atoms with Gasteiger partial charge in [0.25, 0.3) is 0 Å². The third kappa shape index (κ3) is 4.42. The van der Waals surface area contributed by atoms with E-state index in [4.69, 9.17) is 4.74 Å². The molecule has 0 aromatic rings. The van der Waals surface area contributed by atoms with E-state index in [9.17, 15) is 5.11 Å². The van der Waals surface area contributed by atoms with E-state index in [1.807, 2.05) is 14.0 Å². The lowest BCUT2D eigenvalue weighted by Crippen LogP contribution is -2.47. The smallest absolute Gasteiger partial charge is 0.0632 e. The molecular weight excluding hydrogens is 240 g/mol. The Balaban J connectivity index is 1.93. The van der Waals surface area contributed by atoms with Crippen LogP contribution >= 0.6 is 0 Å². The molecule has 2 fully saturated rings. The van der Waals surface area contributed by atoms with Crippen LogP contribution in [0, 0.1) is 5.41 Å². The molecule has 0 saturated carbocycles. The number of nitrogens with one attached hydrogen (secondary N) is 1. The summed E-state index contributed by atoms with van der Waals surface area (Å²) in [6.45, 7) is 8.15. The standard InChI is InChI=1S/C15H30N2O2/c1-14(18)4-3-8-17(9-5-14)13-15(12-16-2)6-10-19-11-7-15/h16,18H,3-13H2,1-2H3. The number of aliphatic hydroxyl groups is 1. The number of likely N-dealkylation sites (tertiary alicyclic amines) is 1. The minimum atomic E-state index is -0.458. The molecule has 1 atom stereocenters. The lowest BCUT2D eigenvalue weighted by Gasteiger charge is -2.41. The molecule has 2 saturated heterocycles. The zero-order valence-electron chi connectivity index (χ0n) is 12.6. The van der Waals surface area contributed by atoms with Gasteiger partial charge < -0.3 is 20.1 Å². The van der Waals surface area contributed by atoms with Crippen molar-refractivity contribution in [2.75, 3.05) is 46.4 Å². The zero-order chi connectivity index (χ0) is 13.8. The van der Waals surface area contributed by atoms with Crippen LogP contribution in [0.1, 0.15) is 39.0 Å². The predicted octanol–water partition coefficient (Wildman–Crippen LogP) is 1.24. The Hall–Kier alpha value is -0.160. The first kappa shape index (κ1) is 15.2. The monoisotopic (exact) mass is 270 g/mol. The first-order chi connectivity index (χ1) is 9.05. The molecule has 112 valence electrons. The van der Waals surface area contributed by atoms with E-state index in [1.54, 1.807) is 0 Å². The van der Waals surface area contributed by atoms with Crippen molar-refractivity contribution in [2.45, 2.75) is 44.6 Å². The normalized spacial score (nSPS) is 33.0. The van der Waals surface area contributed by atoms with E-state index in [1.165, 1.54) is 0 Å². The number of hydrogen-bond donors (Lipinski definition) is 2. The highest BCUT2D eigenvalue weighted by atomic mass is 16.5. The van der Waals surface area contributed by atoms with Crippen LogP contribution in [-0.4, -0.2) is 62.0 Å². The van der Waals surface area contributed by atoms with Gasteiger partial charge in [-0.05, 0) is 58.0 Å². The topological polar surface area (TPSA) is 44.7 Å². The van der Waals surface area contributed by atoms with Crippen molar-refractivity contribution in [3.8, 4) is 0 Å². The second-order valence-corrected chi connectivity index (χ2v) is 6.77. The van der Waals surface area contributed by atoms with Crippen LogP contribution in [0.15, 0.2) is 0 Å². The average molecular weight is 270 g/mol. The highest BCUT2D eigenvalue weighted by molar-refractivity contribution is 4.89. The largest absolute Gasteiger partial charge is 0.390 e. The molecule has 0 spiro atoms. The van der Waals surface area contributed by atoms with Gasteiger partial charge in [-0.3, -0.25) is 0 Å². The summed E-state index contributed by atoms with van der Waals surface area (Å²) in [5.74, 6) is 0. The lowest BCUT2D eigenvalue weighted by atomic mass is 9.79. The fourth-order valence-corrected chi connectivity index (χ4v) is 3.52. The molecule has 0 aromatic carbocycles. The summed E-state index contributed by atoms with van der Waals surface area (Å²) in [6, 6.07) is 0. The van der Waals surface area contributed by atoms with Gasteiger partial charge in [0.15, 0.2) is 0 Å². The molecule has 2 aliphatic rings. The molecule has 1 unspecified atom stereocenters.